The second-order valence-electron chi connectivity index (χ2n) is 9.68. The van der Waals surface area contributed by atoms with Crippen molar-refractivity contribution < 1.29 is 24.1 Å². The van der Waals surface area contributed by atoms with E-state index in [1.165, 1.54) is 0 Å². The molecule has 2 fully saturated rings. The van der Waals surface area contributed by atoms with Crippen LogP contribution in [0.1, 0.15) is 26.0 Å². The number of nitrogens with one attached hydrogen (secondary N) is 1. The number of imidazole rings is 1. The standard InChI is InChI=1S/C25H27ClN6O5/c1-25(2,33)20-12-32(31-30-20)8-10-34-15-5-3-14(4-6-15)21-16(26)11-17-23(28-21)29-24(27-17)37-19-13-36-18-7-9-35-22(18)19/h3-6,11-12,18-19,22,33H,7-10,13H2,1-2H3,(H,27,28,29)/t18-,19-,22+/m1/s1. The van der Waals surface area contributed by atoms with Crippen LogP contribution in [0.4, 0.5) is 0 Å². The topological polar surface area (TPSA) is 129 Å². The number of benzene rings is 1. The van der Waals surface area contributed by atoms with Gasteiger partial charge < -0.3 is 29.0 Å². The van der Waals surface area contributed by atoms with Crippen molar-refractivity contribution >= 4 is 22.8 Å². The molecule has 12 heteroatoms. The van der Waals surface area contributed by atoms with Gasteiger partial charge in [-0.05, 0) is 50.6 Å². The summed E-state index contributed by atoms with van der Waals surface area (Å²) >= 11 is 6.56. The molecule has 194 valence electrons. The summed E-state index contributed by atoms with van der Waals surface area (Å²) in [5.74, 6) is 0.699. The Bertz CT molecular complexity index is 1400. The molecule has 11 nitrogen and oxygen atoms in total. The van der Waals surface area contributed by atoms with Crippen molar-refractivity contribution in [2.45, 2.75) is 50.7 Å². The second-order valence-corrected chi connectivity index (χ2v) is 10.1. The summed E-state index contributed by atoms with van der Waals surface area (Å²) in [7, 11) is 0. The van der Waals surface area contributed by atoms with Crippen LogP contribution in [0.3, 0.4) is 0 Å². The maximum absolute atomic E-state index is 10.0. The molecule has 2 aliphatic heterocycles. The number of rotatable bonds is 8. The number of halogens is 1. The molecule has 0 amide bonds. The van der Waals surface area contributed by atoms with E-state index in [0.29, 0.717) is 65.7 Å². The van der Waals surface area contributed by atoms with Gasteiger partial charge in [-0.25, -0.2) is 9.67 Å². The van der Waals surface area contributed by atoms with Gasteiger partial charge in [0.05, 0.1) is 41.7 Å². The SMILES string of the molecule is CC(C)(O)c1cn(CCOc2ccc(-c3nc4nc(O[C@@H]5CO[C@@H]6CCO[C@@H]65)[nH]c4cc3Cl)cc2)nn1. The Morgan fingerprint density at radius 3 is 2.84 bits per heavy atom. The molecule has 37 heavy (non-hydrogen) atoms. The minimum atomic E-state index is -1.03. The molecule has 0 spiro atoms. The van der Waals surface area contributed by atoms with Crippen molar-refractivity contribution in [1.29, 1.82) is 0 Å². The fraction of sp³-hybridized carbons (Fsp3) is 0.440. The van der Waals surface area contributed by atoms with Gasteiger partial charge in [-0.1, -0.05) is 16.8 Å². The van der Waals surface area contributed by atoms with E-state index >= 15 is 0 Å². The van der Waals surface area contributed by atoms with Crippen LogP contribution in [-0.2, 0) is 21.6 Å². The molecule has 0 radical (unpaired) electrons. The molecule has 2 aliphatic rings. The average Bonchev–Trinajstić information content (AvgIpc) is 3.64. The predicted octanol–water partition coefficient (Wildman–Crippen LogP) is 3.11. The third-order valence-electron chi connectivity index (χ3n) is 6.47. The largest absolute Gasteiger partial charge is 0.492 e. The number of aliphatic hydroxyl groups is 1. The van der Waals surface area contributed by atoms with Crippen molar-refractivity contribution in [3.05, 3.63) is 47.2 Å². The van der Waals surface area contributed by atoms with Crippen molar-refractivity contribution in [1.82, 2.24) is 29.9 Å². The first kappa shape index (κ1) is 24.1. The first-order valence-electron chi connectivity index (χ1n) is 12.2. The molecule has 4 aromatic rings. The Hall–Kier alpha value is -3.25. The van der Waals surface area contributed by atoms with E-state index in [9.17, 15) is 5.11 Å². The predicted molar refractivity (Wildman–Crippen MR) is 134 cm³/mol. The normalized spacial score (nSPS) is 21.5. The molecule has 3 atom stereocenters. The number of nitrogens with zero attached hydrogens (tertiary/aromatic N) is 5. The Kier molecular flexibility index (Phi) is 6.23. The summed E-state index contributed by atoms with van der Waals surface area (Å²) in [5, 5.41) is 18.5. The minimum absolute atomic E-state index is 0.0672. The number of H-pyrrole nitrogens is 1. The third-order valence-corrected chi connectivity index (χ3v) is 6.76. The number of hydrogen-bond donors (Lipinski definition) is 2. The number of aromatic nitrogens is 6. The highest BCUT2D eigenvalue weighted by Gasteiger charge is 2.43. The van der Waals surface area contributed by atoms with Gasteiger partial charge in [0, 0.05) is 12.2 Å². The quantitative estimate of drug-likeness (QED) is 0.355. The third kappa shape index (κ3) is 4.99. The van der Waals surface area contributed by atoms with Gasteiger partial charge in [-0.15, -0.1) is 5.10 Å². The fourth-order valence-corrected chi connectivity index (χ4v) is 4.74. The van der Waals surface area contributed by atoms with Crippen LogP contribution >= 0.6 is 11.6 Å². The van der Waals surface area contributed by atoms with Crippen molar-refractivity contribution in [2.24, 2.45) is 0 Å². The lowest BCUT2D eigenvalue weighted by atomic mass is 10.1. The van der Waals surface area contributed by atoms with Crippen molar-refractivity contribution in [3.63, 3.8) is 0 Å². The fourth-order valence-electron chi connectivity index (χ4n) is 4.48. The second kappa shape index (κ2) is 9.56. The summed E-state index contributed by atoms with van der Waals surface area (Å²) < 4.78 is 25.0. The molecule has 1 aromatic carbocycles. The molecule has 0 saturated carbocycles. The highest BCUT2D eigenvalue weighted by molar-refractivity contribution is 6.33. The summed E-state index contributed by atoms with van der Waals surface area (Å²) in [6, 6.07) is 9.68. The summed E-state index contributed by atoms with van der Waals surface area (Å²) in [5.41, 5.74) is 2.13. The first-order chi connectivity index (χ1) is 17.8. The molecule has 3 aromatic heterocycles. The molecule has 5 heterocycles. The molecule has 2 saturated heterocycles. The Morgan fingerprint density at radius 1 is 1.22 bits per heavy atom. The maximum Gasteiger partial charge on any atom is 0.296 e. The number of aromatic amines is 1. The van der Waals surface area contributed by atoms with Gasteiger partial charge in [-0.3, -0.25) is 0 Å². The number of ether oxygens (including phenoxy) is 4. The monoisotopic (exact) mass is 526 g/mol. The number of pyridine rings is 1. The van der Waals surface area contributed by atoms with Crippen LogP contribution in [0.15, 0.2) is 36.5 Å². The number of fused-ring (bicyclic) bond motifs is 2. The van der Waals surface area contributed by atoms with Gasteiger partial charge in [0.15, 0.2) is 11.8 Å². The van der Waals surface area contributed by atoms with Crippen LogP contribution in [0.5, 0.6) is 11.8 Å². The van der Waals surface area contributed by atoms with Gasteiger partial charge in [-0.2, -0.15) is 4.98 Å². The summed E-state index contributed by atoms with van der Waals surface area (Å²) in [4.78, 5) is 12.3. The Balaban J connectivity index is 1.11. The molecular formula is C25H27ClN6O5. The van der Waals surface area contributed by atoms with E-state index in [1.807, 2.05) is 24.3 Å². The first-order valence-corrected chi connectivity index (χ1v) is 12.5. The average molecular weight is 527 g/mol. The smallest absolute Gasteiger partial charge is 0.296 e. The van der Waals surface area contributed by atoms with E-state index < -0.39 is 5.60 Å². The van der Waals surface area contributed by atoms with Crippen LogP contribution in [0.2, 0.25) is 5.02 Å². The molecule has 6 rings (SSSR count). The minimum Gasteiger partial charge on any atom is -0.492 e. The van der Waals surface area contributed by atoms with Crippen molar-refractivity contribution in [3.8, 4) is 23.0 Å². The van der Waals surface area contributed by atoms with Crippen LogP contribution in [0, 0.1) is 0 Å². The van der Waals surface area contributed by atoms with E-state index in [4.69, 9.17) is 30.5 Å². The number of hydrogen-bond acceptors (Lipinski definition) is 9. The van der Waals surface area contributed by atoms with Crippen LogP contribution in [0.25, 0.3) is 22.4 Å². The van der Waals surface area contributed by atoms with E-state index in [2.05, 4.69) is 25.3 Å². The van der Waals surface area contributed by atoms with E-state index in [-0.39, 0.29) is 18.3 Å². The zero-order chi connectivity index (χ0) is 25.6. The van der Waals surface area contributed by atoms with Crippen LogP contribution in [-0.4, -0.2) is 73.2 Å². The summed E-state index contributed by atoms with van der Waals surface area (Å²) in [6.45, 7) is 5.39. The van der Waals surface area contributed by atoms with Crippen LogP contribution < -0.4 is 9.47 Å². The summed E-state index contributed by atoms with van der Waals surface area (Å²) in [6.07, 6.45) is 2.42. The van der Waals surface area contributed by atoms with E-state index in [1.54, 1.807) is 30.8 Å². The Labute approximate surface area is 217 Å². The zero-order valence-corrected chi connectivity index (χ0v) is 21.2. The van der Waals surface area contributed by atoms with Crippen molar-refractivity contribution in [2.75, 3.05) is 19.8 Å². The highest BCUT2D eigenvalue weighted by atomic mass is 35.5. The zero-order valence-electron chi connectivity index (χ0n) is 20.4. The van der Waals surface area contributed by atoms with Gasteiger partial charge in [0.2, 0.25) is 0 Å². The molecule has 0 unspecified atom stereocenters. The van der Waals surface area contributed by atoms with Gasteiger partial charge in [0.25, 0.3) is 6.01 Å². The highest BCUT2D eigenvalue weighted by Crippen LogP contribution is 2.32. The van der Waals surface area contributed by atoms with Gasteiger partial charge >= 0.3 is 0 Å². The Morgan fingerprint density at radius 2 is 2.05 bits per heavy atom. The lowest BCUT2D eigenvalue weighted by Gasteiger charge is -2.15. The molecule has 2 N–H and O–H groups in total. The molecular weight excluding hydrogens is 500 g/mol. The molecule has 0 aliphatic carbocycles. The molecule has 0 bridgehead atoms. The lowest BCUT2D eigenvalue weighted by molar-refractivity contribution is 0.0273. The lowest BCUT2D eigenvalue weighted by Crippen LogP contribution is -2.32. The van der Waals surface area contributed by atoms with E-state index in [0.717, 1.165) is 12.0 Å². The maximum atomic E-state index is 10.0. The van der Waals surface area contributed by atoms with Gasteiger partial charge in [0.1, 0.15) is 29.8 Å².